The smallest absolute Gasteiger partial charge is 0.228 e. The van der Waals surface area contributed by atoms with Crippen LogP contribution >= 0.6 is 0 Å². The van der Waals surface area contributed by atoms with Crippen LogP contribution in [-0.4, -0.2) is 5.78 Å². The average molecular weight is 284 g/mol. The molecule has 0 bridgehead atoms. The summed E-state index contributed by atoms with van der Waals surface area (Å²) in [7, 11) is 0. The van der Waals surface area contributed by atoms with E-state index in [1.165, 1.54) is 5.56 Å². The minimum Gasteiger partial charge on any atom is -0.458 e. The second kappa shape index (κ2) is 6.75. The lowest BCUT2D eigenvalue weighted by atomic mass is 9.90. The highest BCUT2D eigenvalue weighted by molar-refractivity contribution is 6.09. The molecule has 21 heavy (non-hydrogen) atoms. The molecule has 1 heterocycles. The molecule has 0 aliphatic heterocycles. The van der Waals surface area contributed by atoms with Crippen molar-refractivity contribution < 1.29 is 9.21 Å². The van der Waals surface area contributed by atoms with Gasteiger partial charge in [0.25, 0.3) is 0 Å². The van der Waals surface area contributed by atoms with Gasteiger partial charge in [0.15, 0.2) is 5.76 Å². The Labute approximate surface area is 127 Å². The van der Waals surface area contributed by atoms with Crippen molar-refractivity contribution in [1.29, 1.82) is 0 Å². The molecule has 0 unspecified atom stereocenters. The Morgan fingerprint density at radius 2 is 1.52 bits per heavy atom. The molecule has 1 aromatic carbocycles. The van der Waals surface area contributed by atoms with Gasteiger partial charge in [-0.05, 0) is 48.1 Å². The van der Waals surface area contributed by atoms with Gasteiger partial charge in [-0.15, -0.1) is 0 Å². The molecule has 0 radical (unpaired) electrons. The highest BCUT2D eigenvalue weighted by atomic mass is 16.3. The Balaban J connectivity index is 2.53. The topological polar surface area (TPSA) is 30.2 Å². The molecule has 0 N–H and O–H groups in total. The minimum atomic E-state index is 0.0195. The number of furan rings is 1. The van der Waals surface area contributed by atoms with Gasteiger partial charge in [0, 0.05) is 12.0 Å². The normalized spacial score (nSPS) is 10.9. The third-order valence-electron chi connectivity index (χ3n) is 3.99. The fourth-order valence-corrected chi connectivity index (χ4v) is 2.71. The first-order valence-corrected chi connectivity index (χ1v) is 7.92. The molecule has 0 aliphatic rings. The maximum absolute atomic E-state index is 12.8. The lowest BCUT2D eigenvalue weighted by Gasteiger charge is -2.13. The zero-order valence-corrected chi connectivity index (χ0v) is 13.5. The number of carbonyl (C=O) groups excluding carboxylic acids is 1. The van der Waals surface area contributed by atoms with E-state index in [2.05, 4.69) is 32.9 Å². The lowest BCUT2D eigenvalue weighted by molar-refractivity contribution is 0.101. The molecule has 0 amide bonds. The van der Waals surface area contributed by atoms with E-state index >= 15 is 0 Å². The van der Waals surface area contributed by atoms with Crippen molar-refractivity contribution in [2.75, 3.05) is 0 Å². The fraction of sp³-hybridized carbons (Fsp3) is 0.421. The van der Waals surface area contributed by atoms with Crippen LogP contribution in [0.2, 0.25) is 0 Å². The second-order valence-corrected chi connectivity index (χ2v) is 5.30. The van der Waals surface area contributed by atoms with Gasteiger partial charge in [-0.3, -0.25) is 4.79 Å². The quantitative estimate of drug-likeness (QED) is 0.716. The first-order chi connectivity index (χ1) is 10.1. The Kier molecular flexibility index (Phi) is 5.00. The summed E-state index contributed by atoms with van der Waals surface area (Å²) < 4.78 is 5.66. The Morgan fingerprint density at radius 3 is 1.95 bits per heavy atom. The highest BCUT2D eigenvalue weighted by Crippen LogP contribution is 2.24. The maximum Gasteiger partial charge on any atom is 0.228 e. The molecule has 0 aliphatic carbocycles. The summed E-state index contributed by atoms with van der Waals surface area (Å²) in [6.45, 7) is 8.38. The molecule has 0 saturated heterocycles. The lowest BCUT2D eigenvalue weighted by Crippen LogP contribution is -2.09. The van der Waals surface area contributed by atoms with Crippen LogP contribution in [0.25, 0.3) is 0 Å². The van der Waals surface area contributed by atoms with Crippen molar-refractivity contribution >= 4 is 5.78 Å². The zero-order chi connectivity index (χ0) is 15.4. The molecule has 1 aromatic heterocycles. The molecular weight excluding hydrogens is 260 g/mol. The summed E-state index contributed by atoms with van der Waals surface area (Å²) in [5.74, 6) is 1.34. The van der Waals surface area contributed by atoms with Crippen molar-refractivity contribution in [3.05, 3.63) is 58.0 Å². The summed E-state index contributed by atoms with van der Waals surface area (Å²) in [5.41, 5.74) is 4.40. The number of rotatable bonds is 6. The SMILES string of the molecule is CCc1cc(CC)c(C(=O)c2ccc(CC)o2)c(CC)c1. The Bertz CT molecular complexity index is 610. The predicted molar refractivity (Wildman–Crippen MR) is 86.1 cm³/mol. The number of ketones is 1. The number of hydrogen-bond acceptors (Lipinski definition) is 2. The molecule has 2 nitrogen and oxygen atoms in total. The standard InChI is InChI=1S/C19H24O2/c1-5-13-11-14(6-2)18(15(7-3)12-13)19(20)17-10-9-16(8-4)21-17/h9-12H,5-8H2,1-4H3. The van der Waals surface area contributed by atoms with Crippen LogP contribution in [0.5, 0.6) is 0 Å². The molecule has 112 valence electrons. The third kappa shape index (κ3) is 3.10. The van der Waals surface area contributed by atoms with Gasteiger partial charge in [0.1, 0.15) is 5.76 Å². The van der Waals surface area contributed by atoms with Crippen LogP contribution in [0.1, 0.15) is 66.3 Å². The summed E-state index contributed by atoms with van der Waals surface area (Å²) in [6, 6.07) is 8.02. The fourth-order valence-electron chi connectivity index (χ4n) is 2.71. The van der Waals surface area contributed by atoms with Crippen molar-refractivity contribution in [3.8, 4) is 0 Å². The van der Waals surface area contributed by atoms with Gasteiger partial charge in [-0.25, -0.2) is 0 Å². The van der Waals surface area contributed by atoms with E-state index in [1.807, 2.05) is 13.0 Å². The largest absolute Gasteiger partial charge is 0.458 e. The molecule has 2 heteroatoms. The van der Waals surface area contributed by atoms with E-state index in [9.17, 15) is 4.79 Å². The van der Waals surface area contributed by atoms with Gasteiger partial charge >= 0.3 is 0 Å². The summed E-state index contributed by atoms with van der Waals surface area (Å²) in [6.07, 6.45) is 3.53. The van der Waals surface area contributed by atoms with Gasteiger partial charge in [0.2, 0.25) is 5.78 Å². The average Bonchev–Trinajstić information content (AvgIpc) is 3.01. The molecular formula is C19H24O2. The predicted octanol–water partition coefficient (Wildman–Crippen LogP) is 4.76. The van der Waals surface area contributed by atoms with Crippen LogP contribution in [0.15, 0.2) is 28.7 Å². The second-order valence-electron chi connectivity index (χ2n) is 5.30. The van der Waals surface area contributed by atoms with Crippen molar-refractivity contribution in [1.82, 2.24) is 0 Å². The number of aryl methyl sites for hydroxylation is 4. The molecule has 0 spiro atoms. The van der Waals surface area contributed by atoms with Crippen molar-refractivity contribution in [2.24, 2.45) is 0 Å². The summed E-state index contributed by atoms with van der Waals surface area (Å²) >= 11 is 0. The number of carbonyl (C=O) groups is 1. The number of hydrogen-bond donors (Lipinski definition) is 0. The number of benzene rings is 1. The van der Waals surface area contributed by atoms with E-state index in [0.717, 1.165) is 48.1 Å². The van der Waals surface area contributed by atoms with Gasteiger partial charge < -0.3 is 4.42 Å². The van der Waals surface area contributed by atoms with Crippen LogP contribution in [0.4, 0.5) is 0 Å². The first-order valence-electron chi connectivity index (χ1n) is 7.92. The minimum absolute atomic E-state index is 0.0195. The van der Waals surface area contributed by atoms with Crippen LogP contribution < -0.4 is 0 Å². The van der Waals surface area contributed by atoms with Gasteiger partial charge in [0.05, 0.1) is 0 Å². The third-order valence-corrected chi connectivity index (χ3v) is 3.99. The Hall–Kier alpha value is -1.83. The van der Waals surface area contributed by atoms with Gasteiger partial charge in [-0.1, -0.05) is 39.8 Å². The van der Waals surface area contributed by atoms with Crippen molar-refractivity contribution in [3.63, 3.8) is 0 Å². The van der Waals surface area contributed by atoms with E-state index in [4.69, 9.17) is 4.42 Å². The first kappa shape index (κ1) is 15.6. The maximum atomic E-state index is 12.8. The van der Waals surface area contributed by atoms with Crippen molar-refractivity contribution in [2.45, 2.75) is 53.4 Å². The van der Waals surface area contributed by atoms with Crippen LogP contribution in [0.3, 0.4) is 0 Å². The van der Waals surface area contributed by atoms with E-state index in [-0.39, 0.29) is 5.78 Å². The monoisotopic (exact) mass is 284 g/mol. The zero-order valence-electron chi connectivity index (χ0n) is 13.5. The van der Waals surface area contributed by atoms with E-state index < -0.39 is 0 Å². The summed E-state index contributed by atoms with van der Waals surface area (Å²) in [4.78, 5) is 12.8. The van der Waals surface area contributed by atoms with Gasteiger partial charge in [-0.2, -0.15) is 0 Å². The van der Waals surface area contributed by atoms with E-state index in [1.54, 1.807) is 6.07 Å². The van der Waals surface area contributed by atoms with E-state index in [0.29, 0.717) is 5.76 Å². The Morgan fingerprint density at radius 1 is 0.905 bits per heavy atom. The van der Waals surface area contributed by atoms with Crippen LogP contribution in [-0.2, 0) is 25.7 Å². The molecule has 0 saturated carbocycles. The van der Waals surface area contributed by atoms with Crippen LogP contribution in [0, 0.1) is 0 Å². The molecule has 2 rings (SSSR count). The molecule has 0 atom stereocenters. The summed E-state index contributed by atoms with van der Waals surface area (Å²) in [5, 5.41) is 0. The molecule has 0 fully saturated rings. The molecule has 2 aromatic rings. The highest BCUT2D eigenvalue weighted by Gasteiger charge is 2.20.